The molecule has 3 nitrogen and oxygen atoms in total. The number of carbonyl (C=O) groups is 1. The van der Waals surface area contributed by atoms with E-state index in [0.717, 1.165) is 19.3 Å². The van der Waals surface area contributed by atoms with Crippen LogP contribution < -0.4 is 0 Å². The molecular weight excluding hydrogens is 192 g/mol. The fraction of sp³-hybridized carbons (Fsp3) is 0.417. The van der Waals surface area contributed by atoms with Crippen LogP contribution in [0.3, 0.4) is 0 Å². The second-order valence-electron chi connectivity index (χ2n) is 3.03. The van der Waals surface area contributed by atoms with Gasteiger partial charge in [-0.2, -0.15) is 0 Å². The molecule has 1 unspecified atom stereocenters. The van der Waals surface area contributed by atoms with E-state index >= 15 is 0 Å². The second-order valence-corrected chi connectivity index (χ2v) is 3.03. The fourth-order valence-electron chi connectivity index (χ4n) is 1.10. The van der Waals surface area contributed by atoms with Crippen LogP contribution >= 0.6 is 0 Å². The summed E-state index contributed by atoms with van der Waals surface area (Å²) in [6, 6.07) is 0. The molecule has 0 spiro atoms. The van der Waals surface area contributed by atoms with Gasteiger partial charge in [-0.3, -0.25) is 0 Å². The molecule has 0 aliphatic heterocycles. The van der Waals surface area contributed by atoms with E-state index < -0.39 is 5.97 Å². The predicted octanol–water partition coefficient (Wildman–Crippen LogP) is 1.20. The van der Waals surface area contributed by atoms with E-state index in [-0.39, 0.29) is 12.7 Å². The zero-order valence-corrected chi connectivity index (χ0v) is 8.32. The van der Waals surface area contributed by atoms with Crippen molar-refractivity contribution in [1.29, 1.82) is 0 Å². The molecule has 0 saturated heterocycles. The number of hydrogen-bond acceptors (Lipinski definition) is 2. The highest BCUT2D eigenvalue weighted by Crippen LogP contribution is 2.04. The first kappa shape index (κ1) is 11.4. The Bertz CT molecular complexity index is 360. The number of rotatable bonds is 3. The Hall–Kier alpha value is -1.71. The van der Waals surface area contributed by atoms with Gasteiger partial charge in [-0.15, -0.1) is 0 Å². The quantitative estimate of drug-likeness (QED) is 0.703. The Morgan fingerprint density at radius 3 is 3.07 bits per heavy atom. The number of carboxylic acid groups (broad SMARTS) is 1. The zero-order chi connectivity index (χ0) is 10.9. The van der Waals surface area contributed by atoms with Crippen molar-refractivity contribution in [3.8, 4) is 23.7 Å². The Labute approximate surface area is 89.1 Å². The molecule has 1 N–H and O–H groups in total. The van der Waals surface area contributed by atoms with E-state index in [1.807, 2.05) is 0 Å². The Morgan fingerprint density at radius 2 is 2.27 bits per heavy atom. The summed E-state index contributed by atoms with van der Waals surface area (Å²) >= 11 is 0. The van der Waals surface area contributed by atoms with Crippen LogP contribution in [0.4, 0.5) is 0 Å². The smallest absolute Gasteiger partial charge is 0.329 e. The van der Waals surface area contributed by atoms with Crippen molar-refractivity contribution in [3.05, 3.63) is 12.2 Å². The summed E-state index contributed by atoms with van der Waals surface area (Å²) < 4.78 is 5.12. The van der Waals surface area contributed by atoms with Crippen LogP contribution in [0, 0.1) is 23.7 Å². The number of allylic oxidation sites excluding steroid dienone is 2. The van der Waals surface area contributed by atoms with Crippen LogP contribution in [0.1, 0.15) is 19.3 Å². The van der Waals surface area contributed by atoms with Crippen LogP contribution in [0.25, 0.3) is 0 Å². The topological polar surface area (TPSA) is 46.5 Å². The lowest BCUT2D eigenvalue weighted by Gasteiger charge is -2.09. The van der Waals surface area contributed by atoms with E-state index in [9.17, 15) is 4.79 Å². The number of ether oxygens (including phenoxy) is 1. The second kappa shape index (κ2) is 6.70. The lowest BCUT2D eigenvalue weighted by Crippen LogP contribution is -2.16. The van der Waals surface area contributed by atoms with Crippen molar-refractivity contribution in [1.82, 2.24) is 0 Å². The predicted molar refractivity (Wildman–Crippen MR) is 55.9 cm³/mol. The van der Waals surface area contributed by atoms with E-state index in [0.29, 0.717) is 0 Å². The van der Waals surface area contributed by atoms with E-state index in [1.165, 1.54) is 0 Å². The molecule has 0 bridgehead atoms. The van der Waals surface area contributed by atoms with Crippen molar-refractivity contribution < 1.29 is 14.6 Å². The standard InChI is InChI=1S/C12H12O3/c13-12(14)10-15-11-8-6-4-2-1-3-5-7-9-11/h2,4,11H,5,7,9-10H2,(H,13,14)/b4-2-. The van der Waals surface area contributed by atoms with Crippen molar-refractivity contribution in [2.45, 2.75) is 25.4 Å². The highest BCUT2D eigenvalue weighted by molar-refractivity contribution is 5.68. The summed E-state index contributed by atoms with van der Waals surface area (Å²) in [4.78, 5) is 10.3. The summed E-state index contributed by atoms with van der Waals surface area (Å²) in [5.41, 5.74) is 0. The molecule has 0 radical (unpaired) electrons. The minimum atomic E-state index is -0.968. The van der Waals surface area contributed by atoms with Gasteiger partial charge >= 0.3 is 5.97 Å². The van der Waals surface area contributed by atoms with E-state index in [2.05, 4.69) is 23.7 Å². The average molecular weight is 204 g/mol. The zero-order valence-electron chi connectivity index (χ0n) is 8.32. The average Bonchev–Trinajstić information content (AvgIpc) is 2.23. The Balaban J connectivity index is 2.49. The van der Waals surface area contributed by atoms with Crippen molar-refractivity contribution in [2.75, 3.05) is 6.61 Å². The van der Waals surface area contributed by atoms with Crippen LogP contribution in [0.2, 0.25) is 0 Å². The third-order valence-corrected chi connectivity index (χ3v) is 1.77. The van der Waals surface area contributed by atoms with E-state index in [4.69, 9.17) is 9.84 Å². The molecule has 1 atom stereocenters. The molecule has 1 rings (SSSR count). The largest absolute Gasteiger partial charge is 0.480 e. The summed E-state index contributed by atoms with van der Waals surface area (Å²) in [6.45, 7) is -0.297. The van der Waals surface area contributed by atoms with Gasteiger partial charge < -0.3 is 9.84 Å². The third kappa shape index (κ3) is 5.57. The molecule has 0 heterocycles. The molecule has 0 aromatic carbocycles. The minimum absolute atomic E-state index is 0.297. The number of hydrogen-bond donors (Lipinski definition) is 1. The first-order valence-electron chi connectivity index (χ1n) is 4.77. The monoisotopic (exact) mass is 204 g/mol. The lowest BCUT2D eigenvalue weighted by molar-refractivity contribution is -0.143. The molecule has 0 amide bonds. The van der Waals surface area contributed by atoms with Gasteiger partial charge in [-0.05, 0) is 25.0 Å². The molecule has 15 heavy (non-hydrogen) atoms. The van der Waals surface area contributed by atoms with Gasteiger partial charge in [0.05, 0.1) is 0 Å². The molecule has 0 aromatic heterocycles. The van der Waals surface area contributed by atoms with Crippen molar-refractivity contribution in [3.63, 3.8) is 0 Å². The van der Waals surface area contributed by atoms with Gasteiger partial charge in [0.15, 0.2) is 0 Å². The van der Waals surface area contributed by atoms with Gasteiger partial charge in [0, 0.05) is 6.42 Å². The molecule has 0 saturated carbocycles. The molecular formula is C12H12O3. The SMILES string of the molecule is O=C(O)COC1C#C/C=C\C#CCCC1. The van der Waals surface area contributed by atoms with Gasteiger partial charge in [-0.1, -0.05) is 23.7 Å². The maximum Gasteiger partial charge on any atom is 0.329 e. The summed E-state index contributed by atoms with van der Waals surface area (Å²) in [7, 11) is 0. The van der Waals surface area contributed by atoms with Gasteiger partial charge in [0.25, 0.3) is 0 Å². The normalized spacial score (nSPS) is 21.5. The molecule has 78 valence electrons. The number of aliphatic carboxylic acids is 1. The van der Waals surface area contributed by atoms with Gasteiger partial charge in [0.1, 0.15) is 12.7 Å². The highest BCUT2D eigenvalue weighted by Gasteiger charge is 2.07. The molecule has 1 aliphatic rings. The van der Waals surface area contributed by atoms with Crippen LogP contribution in [-0.4, -0.2) is 23.8 Å². The third-order valence-electron chi connectivity index (χ3n) is 1.77. The maximum absolute atomic E-state index is 10.3. The first-order chi connectivity index (χ1) is 7.29. The summed E-state index contributed by atoms with van der Waals surface area (Å²) in [5.74, 6) is 10.5. The Kier molecular flexibility index (Phi) is 5.08. The van der Waals surface area contributed by atoms with Crippen LogP contribution in [-0.2, 0) is 9.53 Å². The van der Waals surface area contributed by atoms with Crippen LogP contribution in [0.15, 0.2) is 12.2 Å². The molecule has 0 aromatic rings. The fourth-order valence-corrected chi connectivity index (χ4v) is 1.10. The highest BCUT2D eigenvalue weighted by atomic mass is 16.5. The van der Waals surface area contributed by atoms with Gasteiger partial charge in [-0.25, -0.2) is 4.79 Å². The summed E-state index contributed by atoms with van der Waals surface area (Å²) in [6.07, 6.45) is 5.43. The summed E-state index contributed by atoms with van der Waals surface area (Å²) in [5, 5.41) is 8.46. The van der Waals surface area contributed by atoms with Crippen LogP contribution in [0.5, 0.6) is 0 Å². The Morgan fingerprint density at radius 1 is 1.47 bits per heavy atom. The molecule has 3 heteroatoms. The van der Waals surface area contributed by atoms with Crippen molar-refractivity contribution >= 4 is 5.97 Å². The van der Waals surface area contributed by atoms with Crippen molar-refractivity contribution in [2.24, 2.45) is 0 Å². The molecule has 1 aliphatic carbocycles. The maximum atomic E-state index is 10.3. The van der Waals surface area contributed by atoms with E-state index in [1.54, 1.807) is 12.2 Å². The molecule has 0 fully saturated rings. The minimum Gasteiger partial charge on any atom is -0.480 e. The number of carboxylic acids is 1. The lowest BCUT2D eigenvalue weighted by atomic mass is 10.1. The first-order valence-corrected chi connectivity index (χ1v) is 4.77. The van der Waals surface area contributed by atoms with Gasteiger partial charge in [0.2, 0.25) is 0 Å².